The fourth-order valence-corrected chi connectivity index (χ4v) is 7.74. The smallest absolute Gasteiger partial charge is 0.166 e. The van der Waals surface area contributed by atoms with Crippen LogP contribution in [0.25, 0.3) is 95.0 Å². The molecule has 7 aromatic carbocycles. The van der Waals surface area contributed by atoms with Gasteiger partial charge in [0.15, 0.2) is 17.5 Å². The van der Waals surface area contributed by atoms with Crippen molar-refractivity contribution in [1.82, 2.24) is 24.5 Å². The zero-order chi connectivity index (χ0) is 39.7. The standard InChI is InChI=1S/C52H31N7/c53-32-34-9-7-15-39(27-34)42-17-20-44-45-21-18-43(40-16-8-10-35(28-40)33-54)31-49(45)59(48(44)30-42)47-22-19-41(36-23-25-55-26-24-36)29-46(47)52-57-50(37-11-3-1-4-12-37)56-51(58-52)38-13-5-2-6-14-38/h1-31H. The van der Waals surface area contributed by atoms with Gasteiger partial charge in [-0.3, -0.25) is 4.98 Å². The number of rotatable bonds is 7. The number of pyridine rings is 1. The Hall–Kier alpha value is -8.52. The minimum absolute atomic E-state index is 0.523. The molecule has 10 rings (SSSR count). The second-order valence-electron chi connectivity index (χ2n) is 14.2. The third kappa shape index (κ3) is 6.55. The third-order valence-electron chi connectivity index (χ3n) is 10.6. The van der Waals surface area contributed by atoms with Crippen LogP contribution in [0.15, 0.2) is 188 Å². The molecule has 0 fully saturated rings. The summed E-state index contributed by atoms with van der Waals surface area (Å²) in [6.07, 6.45) is 3.59. The lowest BCUT2D eigenvalue weighted by Gasteiger charge is -2.17. The van der Waals surface area contributed by atoms with Crippen LogP contribution in [-0.4, -0.2) is 24.5 Å². The molecule has 0 bridgehead atoms. The number of fused-ring (bicyclic) bond motifs is 3. The molecule has 0 radical (unpaired) electrons. The van der Waals surface area contributed by atoms with Crippen molar-refractivity contribution in [2.75, 3.05) is 0 Å². The Kier molecular flexibility index (Phi) is 8.80. The van der Waals surface area contributed by atoms with Crippen LogP contribution in [0.5, 0.6) is 0 Å². The van der Waals surface area contributed by atoms with Gasteiger partial charge in [0.05, 0.1) is 40.0 Å². The number of hydrogen-bond donors (Lipinski definition) is 0. The molecule has 59 heavy (non-hydrogen) atoms. The molecule has 0 spiro atoms. The molecule has 0 unspecified atom stereocenters. The summed E-state index contributed by atoms with van der Waals surface area (Å²) < 4.78 is 2.29. The zero-order valence-electron chi connectivity index (χ0n) is 31.5. The molecule has 7 heteroatoms. The summed E-state index contributed by atoms with van der Waals surface area (Å²) in [5.41, 5.74) is 12.4. The number of nitriles is 2. The molecule has 0 aliphatic carbocycles. The van der Waals surface area contributed by atoms with Gasteiger partial charge >= 0.3 is 0 Å². The molecule has 0 atom stereocenters. The molecular formula is C52H31N7. The van der Waals surface area contributed by atoms with Crippen molar-refractivity contribution in [3.63, 3.8) is 0 Å². The lowest BCUT2D eigenvalue weighted by Crippen LogP contribution is -2.04. The fourth-order valence-electron chi connectivity index (χ4n) is 7.74. The van der Waals surface area contributed by atoms with E-state index in [-0.39, 0.29) is 0 Å². The summed E-state index contributed by atoms with van der Waals surface area (Å²) in [5.74, 6) is 1.65. The van der Waals surface area contributed by atoms with Gasteiger partial charge in [0.25, 0.3) is 0 Å². The van der Waals surface area contributed by atoms with Crippen LogP contribution in [0.2, 0.25) is 0 Å². The number of nitrogens with zero attached hydrogens (tertiary/aromatic N) is 7. The van der Waals surface area contributed by atoms with E-state index >= 15 is 0 Å². The minimum Gasteiger partial charge on any atom is -0.308 e. The summed E-state index contributed by atoms with van der Waals surface area (Å²) in [4.78, 5) is 19.7. The van der Waals surface area contributed by atoms with E-state index < -0.39 is 0 Å². The van der Waals surface area contributed by atoms with Gasteiger partial charge in [-0.05, 0) is 94.0 Å². The summed E-state index contributed by atoms with van der Waals surface area (Å²) in [7, 11) is 0. The quantitative estimate of drug-likeness (QED) is 0.160. The van der Waals surface area contributed by atoms with Gasteiger partial charge in [-0.15, -0.1) is 0 Å². The molecule has 0 saturated carbocycles. The molecule has 3 heterocycles. The molecule has 10 aromatic rings. The number of hydrogen-bond acceptors (Lipinski definition) is 6. The predicted octanol–water partition coefficient (Wildman–Crippen LogP) is 12.1. The average molecular weight is 754 g/mol. The van der Waals surface area contributed by atoms with E-state index in [1.807, 2.05) is 121 Å². The van der Waals surface area contributed by atoms with Gasteiger partial charge in [0.1, 0.15) is 0 Å². The van der Waals surface area contributed by atoms with Crippen molar-refractivity contribution in [2.45, 2.75) is 0 Å². The van der Waals surface area contributed by atoms with Gasteiger partial charge in [-0.1, -0.05) is 115 Å². The van der Waals surface area contributed by atoms with E-state index in [0.29, 0.717) is 28.6 Å². The number of benzene rings is 7. The molecule has 0 aliphatic rings. The SMILES string of the molecule is N#Cc1cccc(-c2ccc3c4ccc(-c5cccc(C#N)c5)cc4n(-c4ccc(-c5ccncc5)cc4-c4nc(-c5ccccc5)nc(-c5ccccc5)n4)c3c2)c1. The fraction of sp³-hybridized carbons (Fsp3) is 0. The normalized spacial score (nSPS) is 11.0. The minimum atomic E-state index is 0.523. The van der Waals surface area contributed by atoms with Crippen LogP contribution in [0.1, 0.15) is 11.1 Å². The summed E-state index contributed by atoms with van der Waals surface area (Å²) in [6.45, 7) is 0. The molecule has 0 saturated heterocycles. The van der Waals surface area contributed by atoms with Crippen molar-refractivity contribution in [3.05, 3.63) is 199 Å². The summed E-state index contributed by atoms with van der Waals surface area (Å²) in [5, 5.41) is 21.6. The third-order valence-corrected chi connectivity index (χ3v) is 10.6. The van der Waals surface area contributed by atoms with Crippen LogP contribution >= 0.6 is 0 Å². The van der Waals surface area contributed by atoms with E-state index in [9.17, 15) is 10.5 Å². The van der Waals surface area contributed by atoms with E-state index in [4.69, 9.17) is 15.0 Å². The summed E-state index contributed by atoms with van der Waals surface area (Å²) in [6, 6.07) is 63.3. The summed E-state index contributed by atoms with van der Waals surface area (Å²) >= 11 is 0. The topological polar surface area (TPSA) is 104 Å². The highest BCUT2D eigenvalue weighted by molar-refractivity contribution is 6.11. The van der Waals surface area contributed by atoms with Crippen LogP contribution in [0.3, 0.4) is 0 Å². The average Bonchev–Trinajstić information content (AvgIpc) is 3.64. The largest absolute Gasteiger partial charge is 0.308 e. The zero-order valence-corrected chi connectivity index (χ0v) is 31.5. The van der Waals surface area contributed by atoms with Crippen LogP contribution in [0.4, 0.5) is 0 Å². The Bertz CT molecular complexity index is 3110. The van der Waals surface area contributed by atoms with Gasteiger partial charge in [-0.25, -0.2) is 15.0 Å². The van der Waals surface area contributed by atoms with E-state index in [0.717, 1.165) is 77.6 Å². The molecule has 3 aromatic heterocycles. The van der Waals surface area contributed by atoms with Crippen LogP contribution < -0.4 is 0 Å². The van der Waals surface area contributed by atoms with Crippen molar-refractivity contribution >= 4 is 21.8 Å². The Balaban J connectivity index is 1.30. The van der Waals surface area contributed by atoms with Gasteiger partial charge in [0.2, 0.25) is 0 Å². The maximum absolute atomic E-state index is 9.76. The monoisotopic (exact) mass is 753 g/mol. The van der Waals surface area contributed by atoms with E-state index in [2.05, 4.69) is 76.3 Å². The Morgan fingerprint density at radius 2 is 0.831 bits per heavy atom. The Labute approximate surface area is 340 Å². The van der Waals surface area contributed by atoms with Crippen molar-refractivity contribution in [3.8, 4) is 85.4 Å². The lowest BCUT2D eigenvalue weighted by atomic mass is 10.0. The Morgan fingerprint density at radius 1 is 0.373 bits per heavy atom. The van der Waals surface area contributed by atoms with E-state index in [1.54, 1.807) is 12.4 Å². The lowest BCUT2D eigenvalue weighted by molar-refractivity contribution is 1.06. The maximum Gasteiger partial charge on any atom is 0.166 e. The molecule has 274 valence electrons. The van der Waals surface area contributed by atoms with Gasteiger partial charge in [0, 0.05) is 39.9 Å². The van der Waals surface area contributed by atoms with E-state index in [1.165, 1.54) is 0 Å². The molecule has 0 N–H and O–H groups in total. The first-order valence-corrected chi connectivity index (χ1v) is 19.1. The van der Waals surface area contributed by atoms with Crippen LogP contribution in [0, 0.1) is 22.7 Å². The molecule has 0 amide bonds. The Morgan fingerprint density at radius 3 is 1.36 bits per heavy atom. The van der Waals surface area contributed by atoms with Gasteiger partial charge in [-0.2, -0.15) is 10.5 Å². The highest BCUT2D eigenvalue weighted by atomic mass is 15.1. The highest BCUT2D eigenvalue weighted by Gasteiger charge is 2.21. The molecule has 7 nitrogen and oxygen atoms in total. The predicted molar refractivity (Wildman–Crippen MR) is 234 cm³/mol. The van der Waals surface area contributed by atoms with Gasteiger partial charge < -0.3 is 4.57 Å². The first-order valence-electron chi connectivity index (χ1n) is 19.1. The maximum atomic E-state index is 9.76. The van der Waals surface area contributed by atoms with Crippen molar-refractivity contribution in [1.29, 1.82) is 10.5 Å². The van der Waals surface area contributed by atoms with Crippen molar-refractivity contribution < 1.29 is 0 Å². The van der Waals surface area contributed by atoms with Crippen molar-refractivity contribution in [2.24, 2.45) is 0 Å². The first kappa shape index (κ1) is 34.9. The van der Waals surface area contributed by atoms with Crippen LogP contribution in [-0.2, 0) is 0 Å². The second-order valence-corrected chi connectivity index (χ2v) is 14.2. The molecule has 0 aliphatic heterocycles. The highest BCUT2D eigenvalue weighted by Crippen LogP contribution is 2.41. The second kappa shape index (κ2) is 14.9. The number of aromatic nitrogens is 5. The molecular weight excluding hydrogens is 723 g/mol. The first-order chi connectivity index (χ1) is 29.1.